The molecule has 0 aromatic heterocycles. The molecule has 1 aliphatic rings. The highest BCUT2D eigenvalue weighted by Crippen LogP contribution is 2.38. The molecule has 166 valence electrons. The molecule has 0 aliphatic carbocycles. The van der Waals surface area contributed by atoms with Gasteiger partial charge in [-0.2, -0.15) is 0 Å². The molecule has 7 heteroatoms. The summed E-state index contributed by atoms with van der Waals surface area (Å²) in [5.74, 6) is 1.10. The third-order valence-electron chi connectivity index (χ3n) is 5.56. The molecule has 1 aliphatic heterocycles. The summed E-state index contributed by atoms with van der Waals surface area (Å²) >= 11 is 0. The van der Waals surface area contributed by atoms with E-state index in [0.29, 0.717) is 43.1 Å². The van der Waals surface area contributed by atoms with Gasteiger partial charge in [0, 0.05) is 25.2 Å². The van der Waals surface area contributed by atoms with E-state index in [1.807, 2.05) is 38.1 Å². The van der Waals surface area contributed by atoms with Crippen LogP contribution in [0.5, 0.6) is 11.5 Å². The minimum Gasteiger partial charge on any atom is -0.493 e. The lowest BCUT2D eigenvalue weighted by atomic mass is 9.91. The highest BCUT2D eigenvalue weighted by Gasteiger charge is 2.32. The minimum absolute atomic E-state index is 0.128. The van der Waals surface area contributed by atoms with Crippen LogP contribution in [-0.2, 0) is 6.42 Å². The number of hydrogen-bond acceptors (Lipinski definition) is 4. The van der Waals surface area contributed by atoms with E-state index in [4.69, 9.17) is 9.47 Å². The van der Waals surface area contributed by atoms with Crippen LogP contribution in [0, 0.1) is 6.92 Å². The van der Waals surface area contributed by atoms with Crippen molar-refractivity contribution in [1.29, 1.82) is 0 Å². The number of benzene rings is 2. The average molecular weight is 426 g/mol. The van der Waals surface area contributed by atoms with E-state index >= 15 is 0 Å². The van der Waals surface area contributed by atoms with Crippen molar-refractivity contribution in [3.63, 3.8) is 0 Å². The van der Waals surface area contributed by atoms with Gasteiger partial charge in [0.2, 0.25) is 0 Å². The molecule has 2 aromatic carbocycles. The molecule has 1 atom stereocenters. The Balaban J connectivity index is 1.88. The molecule has 3 amide bonds. The number of carbonyl (C=O) groups excluding carboxylic acids is 2. The molecule has 0 saturated heterocycles. The number of ether oxygens (including phenoxy) is 2. The molecule has 0 unspecified atom stereocenters. The van der Waals surface area contributed by atoms with Crippen molar-refractivity contribution >= 4 is 11.9 Å². The fraction of sp³-hybridized carbons (Fsp3) is 0.417. The molecule has 0 saturated carbocycles. The molecule has 31 heavy (non-hydrogen) atoms. The van der Waals surface area contributed by atoms with Gasteiger partial charge in [0.25, 0.3) is 5.91 Å². The number of urea groups is 1. The van der Waals surface area contributed by atoms with E-state index in [0.717, 1.165) is 23.1 Å². The zero-order valence-corrected chi connectivity index (χ0v) is 18.7. The van der Waals surface area contributed by atoms with Crippen LogP contribution < -0.4 is 20.1 Å². The molecule has 0 spiro atoms. The van der Waals surface area contributed by atoms with Gasteiger partial charge in [-0.3, -0.25) is 4.79 Å². The molecule has 0 bridgehead atoms. The number of aryl methyl sites for hydroxylation is 1. The molecular weight excluding hydrogens is 394 g/mol. The monoisotopic (exact) mass is 425 g/mol. The molecule has 0 radical (unpaired) electrons. The normalized spacial score (nSPS) is 15.1. The van der Waals surface area contributed by atoms with Gasteiger partial charge in [0.05, 0.1) is 20.3 Å². The Labute approximate surface area is 183 Å². The van der Waals surface area contributed by atoms with Gasteiger partial charge in [-0.05, 0) is 55.2 Å². The smallest absolute Gasteiger partial charge is 0.317 e. The summed E-state index contributed by atoms with van der Waals surface area (Å²) < 4.78 is 10.9. The van der Waals surface area contributed by atoms with Crippen molar-refractivity contribution < 1.29 is 19.1 Å². The highest BCUT2D eigenvalue weighted by molar-refractivity contribution is 5.94. The van der Waals surface area contributed by atoms with Crippen LogP contribution >= 0.6 is 0 Å². The third kappa shape index (κ3) is 5.10. The lowest BCUT2D eigenvalue weighted by molar-refractivity contribution is 0.0934. The Kier molecular flexibility index (Phi) is 7.39. The van der Waals surface area contributed by atoms with Crippen molar-refractivity contribution in [3.05, 3.63) is 58.7 Å². The molecule has 1 heterocycles. The standard InChI is InChI=1S/C24H31N3O4/c1-5-11-25-24(29)27-12-10-18-13-21(30-3)22(31-4)14-19(18)20(27)15-26-23(28)17-8-6-16(2)7-9-17/h6-9,13-14,20H,5,10-12,15H2,1-4H3,(H,25,29)(H,26,28)/t20-/m1/s1. The Morgan fingerprint density at radius 1 is 1.06 bits per heavy atom. The van der Waals surface area contributed by atoms with E-state index in [2.05, 4.69) is 10.6 Å². The van der Waals surface area contributed by atoms with Gasteiger partial charge in [0.15, 0.2) is 11.5 Å². The van der Waals surface area contributed by atoms with Gasteiger partial charge in [-0.15, -0.1) is 0 Å². The maximum absolute atomic E-state index is 12.9. The largest absolute Gasteiger partial charge is 0.493 e. The molecule has 3 rings (SSSR count). The molecule has 2 aromatic rings. The highest BCUT2D eigenvalue weighted by atomic mass is 16.5. The maximum atomic E-state index is 12.9. The SMILES string of the molecule is CCCNC(=O)N1CCc2cc(OC)c(OC)cc2[C@H]1CNC(=O)c1ccc(C)cc1. The first kappa shape index (κ1) is 22.5. The number of carbonyl (C=O) groups is 2. The van der Waals surface area contributed by atoms with E-state index < -0.39 is 0 Å². The van der Waals surface area contributed by atoms with E-state index in [1.165, 1.54) is 0 Å². The lowest BCUT2D eigenvalue weighted by Crippen LogP contribution is -2.49. The molecule has 2 N–H and O–H groups in total. The second-order valence-electron chi connectivity index (χ2n) is 7.67. The first-order valence-electron chi connectivity index (χ1n) is 10.6. The predicted octanol–water partition coefficient (Wildman–Crippen LogP) is 3.46. The number of fused-ring (bicyclic) bond motifs is 1. The third-order valence-corrected chi connectivity index (χ3v) is 5.56. The second kappa shape index (κ2) is 10.2. The van der Waals surface area contributed by atoms with Gasteiger partial charge in [-0.1, -0.05) is 24.6 Å². The quantitative estimate of drug-likeness (QED) is 0.712. The summed E-state index contributed by atoms with van der Waals surface area (Å²) in [6.45, 7) is 5.46. The predicted molar refractivity (Wildman–Crippen MR) is 120 cm³/mol. The van der Waals surface area contributed by atoms with Gasteiger partial charge < -0.3 is 25.0 Å². The summed E-state index contributed by atoms with van der Waals surface area (Å²) in [6, 6.07) is 10.9. The van der Waals surface area contributed by atoms with Crippen LogP contribution in [-0.4, -0.2) is 50.7 Å². The van der Waals surface area contributed by atoms with Crippen molar-refractivity contribution in [2.45, 2.75) is 32.7 Å². The number of nitrogens with one attached hydrogen (secondary N) is 2. The molecular formula is C24H31N3O4. The summed E-state index contributed by atoms with van der Waals surface area (Å²) in [5, 5.41) is 5.96. The fourth-order valence-electron chi connectivity index (χ4n) is 3.82. The maximum Gasteiger partial charge on any atom is 0.317 e. The van der Waals surface area contributed by atoms with Gasteiger partial charge in [0.1, 0.15) is 0 Å². The van der Waals surface area contributed by atoms with Crippen molar-refractivity contribution in [1.82, 2.24) is 15.5 Å². The number of rotatable bonds is 7. The Morgan fingerprint density at radius 3 is 2.39 bits per heavy atom. The minimum atomic E-state index is -0.310. The Morgan fingerprint density at radius 2 is 1.74 bits per heavy atom. The molecule has 7 nitrogen and oxygen atoms in total. The van der Waals surface area contributed by atoms with Crippen LogP contribution in [0.3, 0.4) is 0 Å². The summed E-state index contributed by atoms with van der Waals surface area (Å²) in [5.41, 5.74) is 3.74. The average Bonchev–Trinajstić information content (AvgIpc) is 2.79. The summed E-state index contributed by atoms with van der Waals surface area (Å²) in [4.78, 5) is 27.4. The zero-order chi connectivity index (χ0) is 22.4. The fourth-order valence-corrected chi connectivity index (χ4v) is 3.82. The Hall–Kier alpha value is -3.22. The van der Waals surface area contributed by atoms with Crippen LogP contribution in [0.25, 0.3) is 0 Å². The number of methoxy groups -OCH3 is 2. The number of hydrogen-bond donors (Lipinski definition) is 2. The Bertz CT molecular complexity index is 927. The van der Waals surface area contributed by atoms with Crippen molar-refractivity contribution in [2.75, 3.05) is 33.9 Å². The van der Waals surface area contributed by atoms with E-state index in [1.54, 1.807) is 31.3 Å². The second-order valence-corrected chi connectivity index (χ2v) is 7.67. The first-order chi connectivity index (χ1) is 15.0. The molecule has 0 fully saturated rings. The van der Waals surface area contributed by atoms with E-state index in [9.17, 15) is 9.59 Å². The van der Waals surface area contributed by atoms with Gasteiger partial charge in [-0.25, -0.2) is 4.79 Å². The van der Waals surface area contributed by atoms with Crippen LogP contribution in [0.4, 0.5) is 4.79 Å². The zero-order valence-electron chi connectivity index (χ0n) is 18.7. The first-order valence-corrected chi connectivity index (χ1v) is 10.6. The van der Waals surface area contributed by atoms with Crippen LogP contribution in [0.1, 0.15) is 46.4 Å². The van der Waals surface area contributed by atoms with Crippen molar-refractivity contribution in [2.24, 2.45) is 0 Å². The van der Waals surface area contributed by atoms with E-state index in [-0.39, 0.29) is 18.0 Å². The van der Waals surface area contributed by atoms with Crippen LogP contribution in [0.15, 0.2) is 36.4 Å². The number of nitrogens with zero attached hydrogens (tertiary/aromatic N) is 1. The van der Waals surface area contributed by atoms with Crippen molar-refractivity contribution in [3.8, 4) is 11.5 Å². The topological polar surface area (TPSA) is 79.9 Å². The lowest BCUT2D eigenvalue weighted by Gasteiger charge is -2.38. The number of amides is 3. The van der Waals surface area contributed by atoms with Crippen LogP contribution in [0.2, 0.25) is 0 Å². The van der Waals surface area contributed by atoms with Gasteiger partial charge >= 0.3 is 6.03 Å². The summed E-state index contributed by atoms with van der Waals surface area (Å²) in [6.07, 6.45) is 1.56. The summed E-state index contributed by atoms with van der Waals surface area (Å²) in [7, 11) is 3.20.